The fraction of sp³-hybridized carbons (Fsp3) is 0.333. The quantitative estimate of drug-likeness (QED) is 0.639. The van der Waals surface area contributed by atoms with Gasteiger partial charge in [-0.3, -0.25) is 14.3 Å². The Labute approximate surface area is 174 Å². The number of aromatic nitrogens is 4. The van der Waals surface area contributed by atoms with Crippen molar-refractivity contribution in [2.45, 2.75) is 12.6 Å². The van der Waals surface area contributed by atoms with Gasteiger partial charge in [0.2, 0.25) is 0 Å². The lowest BCUT2D eigenvalue weighted by molar-refractivity contribution is 0.0238. The lowest BCUT2D eigenvalue weighted by Gasteiger charge is -2.25. The van der Waals surface area contributed by atoms with Gasteiger partial charge in [0.05, 0.1) is 34.9 Å². The largest absolute Gasteiger partial charge is 0.439 e. The number of hydrogen-bond acceptors (Lipinski definition) is 7. The molecule has 3 heterocycles. The minimum Gasteiger partial charge on any atom is -0.372 e. The van der Waals surface area contributed by atoms with Crippen LogP contribution in [-0.2, 0) is 11.3 Å². The second-order valence-electron chi connectivity index (χ2n) is 6.60. The molecule has 3 aromatic rings. The summed E-state index contributed by atoms with van der Waals surface area (Å²) in [5, 5.41) is 12.0. The molecule has 2 atom stereocenters. The van der Waals surface area contributed by atoms with E-state index in [9.17, 15) is 9.59 Å². The predicted octanol–water partition coefficient (Wildman–Crippen LogP) is 1.87. The summed E-state index contributed by atoms with van der Waals surface area (Å²) in [7, 11) is 0. The van der Waals surface area contributed by atoms with Gasteiger partial charge in [0, 0.05) is 25.2 Å². The van der Waals surface area contributed by atoms with Crippen molar-refractivity contribution >= 4 is 23.2 Å². The molecule has 1 fully saturated rings. The van der Waals surface area contributed by atoms with Crippen molar-refractivity contribution in [1.29, 1.82) is 0 Å². The van der Waals surface area contributed by atoms with Crippen molar-refractivity contribution in [3.05, 3.63) is 67.0 Å². The van der Waals surface area contributed by atoms with Crippen molar-refractivity contribution in [2.24, 2.45) is 5.92 Å². The summed E-state index contributed by atoms with van der Waals surface area (Å²) in [4.78, 5) is 26.5. The first kappa shape index (κ1) is 19.8. The Kier molecular flexibility index (Phi) is 5.81. The highest BCUT2D eigenvalue weighted by atomic mass is 35.5. The Hall–Kier alpha value is -2.46. The fourth-order valence-corrected chi connectivity index (χ4v) is 3.64. The van der Waals surface area contributed by atoms with Crippen LogP contribution in [0.25, 0.3) is 11.4 Å². The molecule has 152 valence electrons. The summed E-state index contributed by atoms with van der Waals surface area (Å²) >= 11 is 12.2. The van der Waals surface area contributed by atoms with Crippen LogP contribution in [0, 0.1) is 5.92 Å². The maximum atomic E-state index is 12.9. The van der Waals surface area contributed by atoms with Gasteiger partial charge in [0.1, 0.15) is 0 Å². The maximum absolute atomic E-state index is 12.9. The molecule has 0 spiro atoms. The van der Waals surface area contributed by atoms with E-state index in [2.05, 4.69) is 25.1 Å². The lowest BCUT2D eigenvalue weighted by Crippen LogP contribution is -2.34. The molecule has 4 rings (SSSR count). The highest BCUT2D eigenvalue weighted by Gasteiger charge is 2.28. The average Bonchev–Trinajstić information content (AvgIpc) is 3.00. The van der Waals surface area contributed by atoms with E-state index in [-0.39, 0.29) is 30.0 Å². The van der Waals surface area contributed by atoms with Crippen LogP contribution >= 0.6 is 23.2 Å². The highest BCUT2D eigenvalue weighted by Crippen LogP contribution is 2.32. The Morgan fingerprint density at radius 2 is 2.07 bits per heavy atom. The van der Waals surface area contributed by atoms with Gasteiger partial charge in [-0.25, -0.2) is 9.48 Å². The summed E-state index contributed by atoms with van der Waals surface area (Å²) < 4.78 is 11.9. The normalized spacial score (nSPS) is 19.8. The van der Waals surface area contributed by atoms with Crippen molar-refractivity contribution in [1.82, 2.24) is 25.2 Å². The molecule has 1 saturated heterocycles. The van der Waals surface area contributed by atoms with E-state index in [4.69, 9.17) is 27.9 Å². The molecule has 0 saturated carbocycles. The Balaban J connectivity index is 1.66. The first-order valence-corrected chi connectivity index (χ1v) is 9.68. The second-order valence-corrected chi connectivity index (χ2v) is 7.42. The second kappa shape index (κ2) is 8.50. The smallest absolute Gasteiger partial charge is 0.372 e. The van der Waals surface area contributed by atoms with E-state index in [0.29, 0.717) is 29.7 Å². The molecule has 2 aromatic heterocycles. The molecule has 1 aliphatic heterocycles. The molecule has 0 unspecified atom stereocenters. The molecule has 11 heteroatoms. The zero-order valence-corrected chi connectivity index (χ0v) is 16.6. The zero-order chi connectivity index (χ0) is 20.4. The topological polar surface area (TPSA) is 115 Å². The lowest BCUT2D eigenvalue weighted by atomic mass is 9.95. The van der Waals surface area contributed by atoms with Crippen molar-refractivity contribution < 1.29 is 9.26 Å². The Morgan fingerprint density at radius 3 is 2.83 bits per heavy atom. The molecule has 9 nitrogen and oxygen atoms in total. The summed E-state index contributed by atoms with van der Waals surface area (Å²) in [6.07, 6.45) is 1.17. The minimum atomic E-state index is -0.733. The Bertz CT molecular complexity index is 1130. The summed E-state index contributed by atoms with van der Waals surface area (Å²) in [5.74, 6) is -0.775. The number of nitrogens with zero attached hydrogens (tertiary/aromatic N) is 3. The van der Waals surface area contributed by atoms with Crippen molar-refractivity contribution in [3.8, 4) is 11.4 Å². The summed E-state index contributed by atoms with van der Waals surface area (Å²) in [6, 6.07) is 6.85. The predicted molar refractivity (Wildman–Crippen MR) is 106 cm³/mol. The van der Waals surface area contributed by atoms with Gasteiger partial charge in [0.25, 0.3) is 5.56 Å². The van der Waals surface area contributed by atoms with Crippen LogP contribution in [0.1, 0.15) is 11.7 Å². The van der Waals surface area contributed by atoms with Gasteiger partial charge in [0.15, 0.2) is 5.82 Å². The minimum absolute atomic E-state index is 0.0624. The molecule has 29 heavy (non-hydrogen) atoms. The standard InChI is InChI=1S/C18H17Cl2N5O4/c19-13-2-1-10(7-14(13)20)15-11(8-21-5-6-28-15)9-25-17(26)12(3-4-22-25)16-23-18(27)29-24-16/h1-4,7,11,15,21H,5-6,8-9H2,(H,23,24,27)/t11-,15-/m0/s1. The molecule has 0 amide bonds. The van der Waals surface area contributed by atoms with Gasteiger partial charge in [-0.2, -0.15) is 5.10 Å². The SMILES string of the molecule is O=c1[nH]c(-c2ccnn(C[C@@H]3CNCCO[C@H]3c3ccc(Cl)c(Cl)c3)c2=O)no1. The van der Waals surface area contributed by atoms with E-state index in [1.165, 1.54) is 16.9 Å². The van der Waals surface area contributed by atoms with E-state index < -0.39 is 11.3 Å². The monoisotopic (exact) mass is 437 g/mol. The van der Waals surface area contributed by atoms with Crippen molar-refractivity contribution in [2.75, 3.05) is 19.7 Å². The van der Waals surface area contributed by atoms with Gasteiger partial charge in [-0.05, 0) is 23.8 Å². The Morgan fingerprint density at radius 1 is 1.21 bits per heavy atom. The summed E-state index contributed by atoms with van der Waals surface area (Å²) in [6.45, 7) is 2.11. The zero-order valence-electron chi connectivity index (χ0n) is 15.1. The van der Waals surface area contributed by atoms with Gasteiger partial charge in [-0.1, -0.05) is 34.4 Å². The van der Waals surface area contributed by atoms with Gasteiger partial charge < -0.3 is 10.1 Å². The number of H-pyrrole nitrogens is 1. The third-order valence-corrected chi connectivity index (χ3v) is 5.44. The molecule has 1 aromatic carbocycles. The van der Waals surface area contributed by atoms with Crippen LogP contribution in [0.4, 0.5) is 0 Å². The fourth-order valence-electron chi connectivity index (χ4n) is 3.34. The van der Waals surface area contributed by atoms with E-state index >= 15 is 0 Å². The molecular formula is C18H17Cl2N5O4. The van der Waals surface area contributed by atoms with Gasteiger partial charge >= 0.3 is 5.76 Å². The van der Waals surface area contributed by atoms with Crippen LogP contribution in [0.15, 0.2) is 44.6 Å². The summed E-state index contributed by atoms with van der Waals surface area (Å²) in [5.41, 5.74) is 0.673. The van der Waals surface area contributed by atoms with Crippen LogP contribution in [0.3, 0.4) is 0 Å². The number of rotatable bonds is 4. The molecular weight excluding hydrogens is 421 g/mol. The van der Waals surface area contributed by atoms with E-state index in [1.807, 2.05) is 6.07 Å². The molecule has 0 radical (unpaired) electrons. The van der Waals surface area contributed by atoms with Crippen LogP contribution in [0.5, 0.6) is 0 Å². The number of hydrogen-bond donors (Lipinski definition) is 2. The number of ether oxygens (including phenoxy) is 1. The third kappa shape index (κ3) is 4.27. The van der Waals surface area contributed by atoms with Gasteiger partial charge in [-0.15, -0.1) is 0 Å². The van der Waals surface area contributed by atoms with Crippen LogP contribution in [-0.4, -0.2) is 39.6 Å². The van der Waals surface area contributed by atoms with E-state index in [0.717, 1.165) is 5.56 Å². The number of aromatic amines is 1. The molecule has 1 aliphatic rings. The molecule has 2 N–H and O–H groups in total. The number of benzene rings is 1. The maximum Gasteiger partial charge on any atom is 0.439 e. The molecule has 0 bridgehead atoms. The first-order chi connectivity index (χ1) is 14.0. The third-order valence-electron chi connectivity index (χ3n) is 4.70. The van der Waals surface area contributed by atoms with Crippen LogP contribution < -0.4 is 16.6 Å². The first-order valence-electron chi connectivity index (χ1n) is 8.92. The van der Waals surface area contributed by atoms with Crippen LogP contribution in [0.2, 0.25) is 10.0 Å². The van der Waals surface area contributed by atoms with E-state index in [1.54, 1.807) is 12.1 Å². The average molecular weight is 438 g/mol. The molecule has 0 aliphatic carbocycles. The van der Waals surface area contributed by atoms with Crippen molar-refractivity contribution in [3.63, 3.8) is 0 Å². The highest BCUT2D eigenvalue weighted by molar-refractivity contribution is 6.42. The number of halogens is 2. The number of nitrogens with one attached hydrogen (secondary N) is 2.